The van der Waals surface area contributed by atoms with Crippen molar-refractivity contribution in [1.82, 2.24) is 5.32 Å². The predicted octanol–water partition coefficient (Wildman–Crippen LogP) is 2.41. The first-order chi connectivity index (χ1) is 8.99. The van der Waals surface area contributed by atoms with Gasteiger partial charge in [-0.15, -0.1) is 0 Å². The second-order valence-corrected chi connectivity index (χ2v) is 5.42. The molecule has 1 saturated carbocycles. The molecule has 0 spiro atoms. The molecule has 1 aliphatic rings. The zero-order chi connectivity index (χ0) is 14.0. The van der Waals surface area contributed by atoms with Crippen molar-refractivity contribution in [3.05, 3.63) is 35.6 Å². The van der Waals surface area contributed by atoms with E-state index in [-0.39, 0.29) is 23.7 Å². The summed E-state index contributed by atoms with van der Waals surface area (Å²) in [6, 6.07) is 5.29. The normalized spacial score (nSPS) is 19.6. The lowest BCUT2D eigenvalue weighted by atomic mass is 10.0. The Labute approximate surface area is 112 Å². The van der Waals surface area contributed by atoms with Crippen LogP contribution >= 0.6 is 0 Å². The lowest BCUT2D eigenvalue weighted by molar-refractivity contribution is -0.126. The summed E-state index contributed by atoms with van der Waals surface area (Å²) in [5, 5.41) is 13.0. The Morgan fingerprint density at radius 1 is 1.32 bits per heavy atom. The maximum atomic E-state index is 12.8. The van der Waals surface area contributed by atoms with Gasteiger partial charge >= 0.3 is 0 Å². The number of hydrogen-bond donors (Lipinski definition) is 2. The number of amides is 1. The number of carbonyl (C=O) groups is 1. The third-order valence-corrected chi connectivity index (χ3v) is 3.80. The van der Waals surface area contributed by atoms with Crippen LogP contribution in [-0.2, 0) is 4.79 Å². The smallest absolute Gasteiger partial charge is 0.223 e. The van der Waals surface area contributed by atoms with Gasteiger partial charge in [0.25, 0.3) is 0 Å². The first-order valence-electron chi connectivity index (χ1n) is 6.73. The van der Waals surface area contributed by atoms with E-state index in [9.17, 15) is 14.3 Å². The molecule has 1 aromatic rings. The van der Waals surface area contributed by atoms with Crippen LogP contribution < -0.4 is 5.32 Å². The van der Waals surface area contributed by atoms with E-state index in [2.05, 4.69) is 5.32 Å². The van der Waals surface area contributed by atoms with E-state index in [0.717, 1.165) is 12.8 Å². The number of halogens is 1. The first kappa shape index (κ1) is 14.0. The second kappa shape index (κ2) is 5.70. The van der Waals surface area contributed by atoms with Gasteiger partial charge in [0.2, 0.25) is 5.91 Å². The van der Waals surface area contributed by atoms with Crippen LogP contribution in [0.5, 0.6) is 0 Å². The Hall–Kier alpha value is -1.42. The minimum atomic E-state index is -0.823. The molecule has 0 bridgehead atoms. The number of hydrogen-bond acceptors (Lipinski definition) is 2. The second-order valence-electron chi connectivity index (χ2n) is 5.42. The molecular formula is C15H20FNO2. The fraction of sp³-hybridized carbons (Fsp3) is 0.533. The number of carbonyl (C=O) groups excluding carboxylic acids is 1. The van der Waals surface area contributed by atoms with E-state index >= 15 is 0 Å². The number of nitrogens with one attached hydrogen (secondary N) is 1. The molecule has 2 rings (SSSR count). The van der Waals surface area contributed by atoms with Crippen molar-refractivity contribution < 1.29 is 14.3 Å². The van der Waals surface area contributed by atoms with Gasteiger partial charge in [-0.25, -0.2) is 4.39 Å². The van der Waals surface area contributed by atoms with Crippen LogP contribution in [-0.4, -0.2) is 17.1 Å². The standard InChI is InChI=1S/C15H20FNO2/c1-9(11-3-4-11)15(19)17-10(2)14(18)12-5-7-13(16)8-6-12/h5-11,14,18H,3-4H2,1-2H3,(H,17,19). The molecule has 3 atom stereocenters. The van der Waals surface area contributed by atoms with E-state index < -0.39 is 6.10 Å². The molecule has 1 aromatic carbocycles. The Morgan fingerprint density at radius 3 is 2.42 bits per heavy atom. The van der Waals surface area contributed by atoms with Gasteiger partial charge in [0, 0.05) is 5.92 Å². The van der Waals surface area contributed by atoms with Crippen molar-refractivity contribution in [3.8, 4) is 0 Å². The third kappa shape index (κ3) is 3.53. The highest BCUT2D eigenvalue weighted by Crippen LogP contribution is 2.36. The monoisotopic (exact) mass is 265 g/mol. The summed E-state index contributed by atoms with van der Waals surface area (Å²) in [6.45, 7) is 3.68. The number of aliphatic hydroxyl groups excluding tert-OH is 1. The summed E-state index contributed by atoms with van der Waals surface area (Å²) in [6.07, 6.45) is 1.41. The molecule has 3 nitrogen and oxygen atoms in total. The first-order valence-corrected chi connectivity index (χ1v) is 6.73. The lowest BCUT2D eigenvalue weighted by Gasteiger charge is -2.22. The zero-order valence-electron chi connectivity index (χ0n) is 11.3. The topological polar surface area (TPSA) is 49.3 Å². The molecule has 19 heavy (non-hydrogen) atoms. The number of benzene rings is 1. The maximum Gasteiger partial charge on any atom is 0.223 e. The van der Waals surface area contributed by atoms with Crippen molar-refractivity contribution in [2.24, 2.45) is 11.8 Å². The highest BCUT2D eigenvalue weighted by atomic mass is 19.1. The van der Waals surface area contributed by atoms with Crippen molar-refractivity contribution in [2.45, 2.75) is 38.8 Å². The van der Waals surface area contributed by atoms with E-state index in [1.54, 1.807) is 6.92 Å². The fourth-order valence-corrected chi connectivity index (χ4v) is 2.19. The van der Waals surface area contributed by atoms with Gasteiger partial charge in [0.15, 0.2) is 0 Å². The molecule has 3 unspecified atom stereocenters. The largest absolute Gasteiger partial charge is 0.386 e. The van der Waals surface area contributed by atoms with E-state index in [0.29, 0.717) is 11.5 Å². The molecule has 2 N–H and O–H groups in total. The molecule has 4 heteroatoms. The van der Waals surface area contributed by atoms with Gasteiger partial charge in [0.1, 0.15) is 5.82 Å². The fourth-order valence-electron chi connectivity index (χ4n) is 2.19. The molecule has 0 radical (unpaired) electrons. The maximum absolute atomic E-state index is 12.8. The van der Waals surface area contributed by atoms with Crippen LogP contribution in [0.3, 0.4) is 0 Å². The zero-order valence-corrected chi connectivity index (χ0v) is 11.3. The summed E-state index contributed by atoms with van der Waals surface area (Å²) in [5.41, 5.74) is 0.605. The van der Waals surface area contributed by atoms with E-state index in [1.165, 1.54) is 24.3 Å². The van der Waals surface area contributed by atoms with Gasteiger partial charge in [-0.2, -0.15) is 0 Å². The summed E-state index contributed by atoms with van der Waals surface area (Å²) in [7, 11) is 0. The van der Waals surface area contributed by atoms with Gasteiger partial charge in [-0.1, -0.05) is 19.1 Å². The van der Waals surface area contributed by atoms with Crippen LogP contribution in [0.15, 0.2) is 24.3 Å². The van der Waals surface area contributed by atoms with Gasteiger partial charge in [-0.05, 0) is 43.4 Å². The molecule has 1 amide bonds. The Balaban J connectivity index is 1.92. The van der Waals surface area contributed by atoms with E-state index in [1.807, 2.05) is 6.92 Å². The minimum absolute atomic E-state index is 0.00266. The molecular weight excluding hydrogens is 245 g/mol. The van der Waals surface area contributed by atoms with Crippen molar-refractivity contribution in [3.63, 3.8) is 0 Å². The van der Waals surface area contributed by atoms with Gasteiger partial charge in [0.05, 0.1) is 12.1 Å². The quantitative estimate of drug-likeness (QED) is 0.859. The Kier molecular flexibility index (Phi) is 4.20. The van der Waals surface area contributed by atoms with Crippen LogP contribution in [0.25, 0.3) is 0 Å². The summed E-state index contributed by atoms with van der Waals surface area (Å²) >= 11 is 0. The van der Waals surface area contributed by atoms with Crippen molar-refractivity contribution in [2.75, 3.05) is 0 Å². The van der Waals surface area contributed by atoms with Crippen LogP contribution in [0.4, 0.5) is 4.39 Å². The summed E-state index contributed by atoms with van der Waals surface area (Å²) < 4.78 is 12.8. The number of aliphatic hydroxyl groups is 1. The van der Waals surface area contributed by atoms with Crippen LogP contribution in [0.1, 0.15) is 38.4 Å². The molecule has 1 fully saturated rings. The molecule has 0 aromatic heterocycles. The van der Waals surface area contributed by atoms with Gasteiger partial charge < -0.3 is 10.4 Å². The average molecular weight is 265 g/mol. The van der Waals surface area contributed by atoms with Gasteiger partial charge in [-0.3, -0.25) is 4.79 Å². The summed E-state index contributed by atoms with van der Waals surface area (Å²) in [5.74, 6) is 0.143. The van der Waals surface area contributed by atoms with Crippen LogP contribution in [0.2, 0.25) is 0 Å². The SMILES string of the molecule is CC(NC(=O)C(C)C1CC1)C(O)c1ccc(F)cc1. The molecule has 1 aliphatic carbocycles. The average Bonchev–Trinajstić information content (AvgIpc) is 3.22. The molecule has 0 aliphatic heterocycles. The Bertz CT molecular complexity index is 442. The third-order valence-electron chi connectivity index (χ3n) is 3.80. The summed E-state index contributed by atoms with van der Waals surface area (Å²) in [4.78, 5) is 11.9. The molecule has 0 saturated heterocycles. The Morgan fingerprint density at radius 2 is 1.89 bits per heavy atom. The predicted molar refractivity (Wildman–Crippen MR) is 70.9 cm³/mol. The highest BCUT2D eigenvalue weighted by Gasteiger charge is 2.33. The van der Waals surface area contributed by atoms with Crippen LogP contribution in [0, 0.1) is 17.7 Å². The van der Waals surface area contributed by atoms with E-state index in [4.69, 9.17) is 0 Å². The minimum Gasteiger partial charge on any atom is -0.386 e. The lowest BCUT2D eigenvalue weighted by Crippen LogP contribution is -2.40. The molecule has 104 valence electrons. The molecule has 0 heterocycles. The van der Waals surface area contributed by atoms with Crippen molar-refractivity contribution >= 4 is 5.91 Å². The highest BCUT2D eigenvalue weighted by molar-refractivity contribution is 5.79. The van der Waals surface area contributed by atoms with Crippen molar-refractivity contribution in [1.29, 1.82) is 0 Å². The number of rotatable bonds is 5.